The van der Waals surface area contributed by atoms with E-state index in [0.29, 0.717) is 31.4 Å². The first-order valence-corrected chi connectivity index (χ1v) is 10.1. The van der Waals surface area contributed by atoms with Gasteiger partial charge in [0.1, 0.15) is 0 Å². The number of aryl methyl sites for hydroxylation is 1. The number of hydrogen-bond donors (Lipinski definition) is 3. The molecule has 0 aromatic heterocycles. The molecule has 1 aromatic rings. The van der Waals surface area contributed by atoms with E-state index in [1.54, 1.807) is 5.01 Å². The fourth-order valence-electron chi connectivity index (χ4n) is 4.77. The van der Waals surface area contributed by atoms with Crippen LogP contribution >= 0.6 is 0 Å². The van der Waals surface area contributed by atoms with Crippen LogP contribution in [0.4, 0.5) is 11.4 Å². The predicted octanol–water partition coefficient (Wildman–Crippen LogP) is 2.58. The second-order valence-corrected chi connectivity index (χ2v) is 8.78. The average molecular weight is 375 g/mol. The lowest BCUT2D eigenvalue weighted by Gasteiger charge is -2.58. The summed E-state index contributed by atoms with van der Waals surface area (Å²) in [5.74, 6) is 6.79. The molecular formula is C21H34N4O2. The van der Waals surface area contributed by atoms with Crippen LogP contribution in [0.2, 0.25) is 0 Å². The molecule has 2 aliphatic heterocycles. The lowest BCUT2D eigenvalue weighted by atomic mass is 9.66. The quantitative estimate of drug-likeness (QED) is 0.404. The van der Waals surface area contributed by atoms with Crippen molar-refractivity contribution in [3.8, 4) is 0 Å². The maximum absolute atomic E-state index is 13.2. The van der Waals surface area contributed by atoms with Gasteiger partial charge in [-0.1, -0.05) is 32.9 Å². The summed E-state index contributed by atoms with van der Waals surface area (Å²) in [4.78, 5) is 15.3. The monoisotopic (exact) mass is 374 g/mol. The number of amides is 1. The van der Waals surface area contributed by atoms with E-state index in [1.165, 1.54) is 0 Å². The molecule has 6 heteroatoms. The Balaban J connectivity index is 1.78. The Hall–Kier alpha value is -1.79. The van der Waals surface area contributed by atoms with E-state index in [9.17, 15) is 9.90 Å². The SMILES string of the molecule is CCC1CC2(O)CC(C2)N1C(=O)CC(C(C)C)N(N)c1cccc(C)c1N. The molecule has 0 spiro atoms. The molecule has 0 radical (unpaired) electrons. The van der Waals surface area contributed by atoms with Crippen LogP contribution in [0, 0.1) is 12.8 Å². The number of hydrazine groups is 1. The van der Waals surface area contributed by atoms with Gasteiger partial charge in [0.15, 0.2) is 0 Å². The highest BCUT2D eigenvalue weighted by molar-refractivity contribution is 5.79. The minimum Gasteiger partial charge on any atom is -0.397 e. The summed E-state index contributed by atoms with van der Waals surface area (Å²) in [5, 5.41) is 12.1. The molecule has 1 aromatic carbocycles. The van der Waals surface area contributed by atoms with Crippen molar-refractivity contribution in [2.24, 2.45) is 11.8 Å². The molecule has 2 bridgehead atoms. The number of carbonyl (C=O) groups is 1. The second-order valence-electron chi connectivity index (χ2n) is 8.78. The molecule has 2 saturated heterocycles. The maximum Gasteiger partial charge on any atom is 0.225 e. The van der Waals surface area contributed by atoms with Crippen LogP contribution < -0.4 is 16.6 Å². The third kappa shape index (κ3) is 3.65. The Labute approximate surface area is 162 Å². The van der Waals surface area contributed by atoms with E-state index in [-0.39, 0.29) is 30.0 Å². The average Bonchev–Trinajstić information content (AvgIpc) is 2.59. The molecule has 2 atom stereocenters. The van der Waals surface area contributed by atoms with Gasteiger partial charge in [0.2, 0.25) is 5.91 Å². The number of anilines is 2. The normalized spacial score (nSPS) is 28.0. The van der Waals surface area contributed by atoms with Gasteiger partial charge in [-0.3, -0.25) is 4.79 Å². The number of nitrogens with two attached hydrogens (primary N) is 2. The number of fused-ring (bicyclic) bond motifs is 2. The summed E-state index contributed by atoms with van der Waals surface area (Å²) in [6.45, 7) is 8.21. The molecule has 1 aliphatic carbocycles. The van der Waals surface area contributed by atoms with E-state index in [2.05, 4.69) is 20.8 Å². The number of hydrogen-bond acceptors (Lipinski definition) is 5. The fourth-order valence-corrected chi connectivity index (χ4v) is 4.77. The van der Waals surface area contributed by atoms with Crippen LogP contribution in [-0.4, -0.2) is 39.6 Å². The van der Waals surface area contributed by atoms with Crippen molar-refractivity contribution in [3.05, 3.63) is 23.8 Å². The number of benzene rings is 1. The first kappa shape index (κ1) is 20.0. The summed E-state index contributed by atoms with van der Waals surface area (Å²) >= 11 is 0. The predicted molar refractivity (Wildman–Crippen MR) is 109 cm³/mol. The van der Waals surface area contributed by atoms with Crippen LogP contribution in [0.1, 0.15) is 58.4 Å². The lowest BCUT2D eigenvalue weighted by Crippen LogP contribution is -2.67. The molecule has 150 valence electrons. The van der Waals surface area contributed by atoms with Gasteiger partial charge in [0.05, 0.1) is 23.0 Å². The number of nitrogen functional groups attached to an aromatic ring is 1. The summed E-state index contributed by atoms with van der Waals surface area (Å²) in [5.41, 5.74) is 8.10. The topological polar surface area (TPSA) is 95.8 Å². The summed E-state index contributed by atoms with van der Waals surface area (Å²) < 4.78 is 0. The number of rotatable bonds is 6. The Bertz CT molecular complexity index is 699. The smallest absolute Gasteiger partial charge is 0.225 e. The van der Waals surface area contributed by atoms with Gasteiger partial charge in [-0.05, 0) is 50.2 Å². The van der Waals surface area contributed by atoms with E-state index in [1.807, 2.05) is 30.0 Å². The van der Waals surface area contributed by atoms with Gasteiger partial charge in [-0.15, -0.1) is 0 Å². The van der Waals surface area contributed by atoms with Gasteiger partial charge in [-0.25, -0.2) is 5.84 Å². The van der Waals surface area contributed by atoms with Gasteiger partial charge >= 0.3 is 0 Å². The van der Waals surface area contributed by atoms with Gasteiger partial charge in [0.25, 0.3) is 0 Å². The van der Waals surface area contributed by atoms with Crippen molar-refractivity contribution in [3.63, 3.8) is 0 Å². The van der Waals surface area contributed by atoms with Crippen LogP contribution in [0.15, 0.2) is 18.2 Å². The van der Waals surface area contributed by atoms with Gasteiger partial charge < -0.3 is 20.7 Å². The lowest BCUT2D eigenvalue weighted by molar-refractivity contribution is -0.179. The standard InChI is InChI=1S/C21H34N4O2/c1-5-15-10-21(27)11-16(12-21)24(15)19(26)9-18(13(2)3)25(23)17-8-6-7-14(4)20(17)22/h6-8,13,15-16,18,27H,5,9-12,22-23H2,1-4H3. The van der Waals surface area contributed by atoms with E-state index < -0.39 is 5.60 Å². The Morgan fingerprint density at radius 1 is 1.37 bits per heavy atom. The van der Waals surface area contributed by atoms with Crippen LogP contribution in [-0.2, 0) is 4.79 Å². The molecule has 2 heterocycles. The number of piperidine rings is 2. The summed E-state index contributed by atoms with van der Waals surface area (Å²) in [6, 6.07) is 5.96. The molecule has 2 unspecified atom stereocenters. The Morgan fingerprint density at radius 3 is 2.63 bits per heavy atom. The Morgan fingerprint density at radius 2 is 2.04 bits per heavy atom. The highest BCUT2D eigenvalue weighted by Gasteiger charge is 2.54. The number of aliphatic hydroxyl groups is 1. The van der Waals surface area contributed by atoms with E-state index >= 15 is 0 Å². The minimum atomic E-state index is -0.546. The zero-order chi connectivity index (χ0) is 19.9. The first-order chi connectivity index (χ1) is 12.7. The summed E-state index contributed by atoms with van der Waals surface area (Å²) in [6.07, 6.45) is 3.33. The van der Waals surface area contributed by atoms with E-state index in [0.717, 1.165) is 17.7 Å². The van der Waals surface area contributed by atoms with E-state index in [4.69, 9.17) is 11.6 Å². The maximum atomic E-state index is 13.2. The molecule has 5 N–H and O–H groups in total. The molecule has 3 fully saturated rings. The summed E-state index contributed by atoms with van der Waals surface area (Å²) in [7, 11) is 0. The van der Waals surface area contributed by atoms with Crippen molar-refractivity contribution >= 4 is 17.3 Å². The highest BCUT2D eigenvalue weighted by Crippen LogP contribution is 2.47. The first-order valence-electron chi connectivity index (χ1n) is 10.1. The third-order valence-electron chi connectivity index (χ3n) is 6.48. The number of nitrogens with zero attached hydrogens (tertiary/aromatic N) is 2. The zero-order valence-electron chi connectivity index (χ0n) is 17.0. The molecule has 1 amide bonds. The van der Waals surface area contributed by atoms with Crippen molar-refractivity contribution < 1.29 is 9.90 Å². The molecule has 6 nitrogen and oxygen atoms in total. The number of para-hydroxylation sites is 1. The largest absolute Gasteiger partial charge is 0.397 e. The second kappa shape index (κ2) is 7.32. The minimum absolute atomic E-state index is 0.123. The molecular weight excluding hydrogens is 340 g/mol. The molecule has 3 aliphatic rings. The van der Waals surface area contributed by atoms with Gasteiger partial charge in [0, 0.05) is 18.5 Å². The van der Waals surface area contributed by atoms with Crippen molar-refractivity contribution in [1.29, 1.82) is 0 Å². The zero-order valence-corrected chi connectivity index (χ0v) is 17.0. The van der Waals surface area contributed by atoms with Crippen molar-refractivity contribution in [1.82, 2.24) is 4.90 Å². The van der Waals surface area contributed by atoms with Gasteiger partial charge in [-0.2, -0.15) is 0 Å². The highest BCUT2D eigenvalue weighted by atomic mass is 16.3. The molecule has 27 heavy (non-hydrogen) atoms. The molecule has 4 rings (SSSR count). The fraction of sp³-hybridized carbons (Fsp3) is 0.667. The molecule has 1 saturated carbocycles. The van der Waals surface area contributed by atoms with Crippen molar-refractivity contribution in [2.75, 3.05) is 10.7 Å². The third-order valence-corrected chi connectivity index (χ3v) is 6.48. The van der Waals surface area contributed by atoms with Crippen LogP contribution in [0.25, 0.3) is 0 Å². The van der Waals surface area contributed by atoms with Crippen molar-refractivity contribution in [2.45, 2.75) is 83.5 Å². The number of carbonyl (C=O) groups excluding carboxylic acids is 1. The van der Waals surface area contributed by atoms with Crippen LogP contribution in [0.5, 0.6) is 0 Å². The van der Waals surface area contributed by atoms with Crippen LogP contribution in [0.3, 0.4) is 0 Å². The Kier molecular flexibility index (Phi) is 5.41.